The number of hydrogen-bond donors (Lipinski definition) is 2. The Morgan fingerprint density at radius 3 is 2.72 bits per heavy atom. The average molecular weight is 251 g/mol. The monoisotopic (exact) mass is 251 g/mol. The second-order valence-electron chi connectivity index (χ2n) is 4.16. The minimum Gasteiger partial charge on any atom is -0.396 e. The second-order valence-corrected chi connectivity index (χ2v) is 4.16. The van der Waals surface area contributed by atoms with Crippen LogP contribution < -0.4 is 11.4 Å². The smallest absolute Gasteiger partial charge is 0.357 e. The molecule has 0 amide bonds. The predicted octanol–water partition coefficient (Wildman–Crippen LogP) is 0.0259. The molecule has 3 N–H and O–H groups in total. The molecule has 0 saturated heterocycles. The highest BCUT2D eigenvalue weighted by molar-refractivity contribution is 5.34. The highest BCUT2D eigenvalue weighted by Crippen LogP contribution is 2.06. The molecule has 0 spiro atoms. The molecule has 0 aliphatic heterocycles. The highest BCUT2D eigenvalue weighted by Gasteiger charge is 2.06. The van der Waals surface area contributed by atoms with E-state index in [2.05, 4.69) is 9.97 Å². The predicted molar refractivity (Wildman–Crippen MR) is 67.2 cm³/mol. The van der Waals surface area contributed by atoms with E-state index in [9.17, 15) is 4.79 Å². The second kappa shape index (κ2) is 5.63. The lowest BCUT2D eigenvalue weighted by molar-refractivity contribution is 0.282. The zero-order valence-electron chi connectivity index (χ0n) is 10.1. The van der Waals surface area contributed by atoms with Gasteiger partial charge < -0.3 is 15.4 Å². The van der Waals surface area contributed by atoms with Gasteiger partial charge in [0.05, 0.1) is 0 Å². The zero-order valence-corrected chi connectivity index (χ0v) is 10.1. The third kappa shape index (κ3) is 2.67. The van der Waals surface area contributed by atoms with E-state index in [0.29, 0.717) is 5.78 Å². The maximum Gasteiger partial charge on any atom is 0.357 e. The number of rotatable bonds is 6. The van der Waals surface area contributed by atoms with Crippen LogP contribution in [0, 0.1) is 0 Å². The summed E-state index contributed by atoms with van der Waals surface area (Å²) < 4.78 is 3.27. The number of nitrogen functional groups attached to an aromatic ring is 1. The van der Waals surface area contributed by atoms with Crippen LogP contribution in [0.15, 0.2) is 17.2 Å². The summed E-state index contributed by atoms with van der Waals surface area (Å²) in [7, 11) is 0. The number of aromatic nitrogens is 4. The highest BCUT2D eigenvalue weighted by atomic mass is 16.2. The fourth-order valence-corrected chi connectivity index (χ4v) is 1.89. The largest absolute Gasteiger partial charge is 0.396 e. The van der Waals surface area contributed by atoms with Crippen LogP contribution in [-0.4, -0.2) is 30.6 Å². The van der Waals surface area contributed by atoms with Crippen molar-refractivity contribution in [3.05, 3.63) is 22.9 Å². The van der Waals surface area contributed by atoms with E-state index in [0.717, 1.165) is 32.2 Å². The average Bonchev–Trinajstić information content (AvgIpc) is 2.72. The van der Waals surface area contributed by atoms with Crippen LogP contribution in [-0.2, 0) is 6.54 Å². The van der Waals surface area contributed by atoms with Gasteiger partial charge in [0.2, 0.25) is 11.7 Å². The third-order valence-electron chi connectivity index (χ3n) is 2.81. The van der Waals surface area contributed by atoms with E-state index < -0.39 is 5.69 Å². The lowest BCUT2D eigenvalue weighted by Crippen LogP contribution is -2.19. The Balaban J connectivity index is 2.07. The van der Waals surface area contributed by atoms with Gasteiger partial charge in [-0.25, -0.2) is 9.20 Å². The van der Waals surface area contributed by atoms with Crippen molar-refractivity contribution in [3.8, 4) is 0 Å². The first-order valence-electron chi connectivity index (χ1n) is 6.04. The van der Waals surface area contributed by atoms with Crippen molar-refractivity contribution in [2.75, 3.05) is 12.3 Å². The number of hydrogen-bond acceptors (Lipinski definition) is 5. The Bertz CT molecular complexity index is 574. The fourth-order valence-electron chi connectivity index (χ4n) is 1.89. The summed E-state index contributed by atoms with van der Waals surface area (Å²) in [6, 6.07) is 0. The molecule has 18 heavy (non-hydrogen) atoms. The first-order chi connectivity index (χ1) is 8.72. The molecule has 2 rings (SSSR count). The summed E-state index contributed by atoms with van der Waals surface area (Å²) in [4.78, 5) is 19.2. The van der Waals surface area contributed by atoms with E-state index in [4.69, 9.17) is 10.8 Å². The number of aliphatic hydroxyl groups is 1. The van der Waals surface area contributed by atoms with Crippen LogP contribution in [0.1, 0.15) is 25.7 Å². The normalized spacial score (nSPS) is 11.2. The number of nitrogens with two attached hydrogens (primary N) is 1. The summed E-state index contributed by atoms with van der Waals surface area (Å²) in [6.45, 7) is 1.02. The van der Waals surface area contributed by atoms with E-state index >= 15 is 0 Å². The van der Waals surface area contributed by atoms with Crippen molar-refractivity contribution in [2.45, 2.75) is 32.2 Å². The van der Waals surface area contributed by atoms with Crippen LogP contribution in [0.4, 0.5) is 5.95 Å². The topological polar surface area (TPSA) is 98.4 Å². The van der Waals surface area contributed by atoms with Crippen LogP contribution in [0.2, 0.25) is 0 Å². The maximum atomic E-state index is 11.5. The minimum atomic E-state index is -0.406. The lowest BCUT2D eigenvalue weighted by Gasteiger charge is -2.04. The van der Waals surface area contributed by atoms with Crippen LogP contribution in [0.5, 0.6) is 0 Å². The molecule has 0 radical (unpaired) electrons. The number of aliphatic hydroxyl groups excluding tert-OH is 1. The first-order valence-corrected chi connectivity index (χ1v) is 6.04. The van der Waals surface area contributed by atoms with Gasteiger partial charge in [-0.05, 0) is 12.8 Å². The Kier molecular flexibility index (Phi) is 3.93. The van der Waals surface area contributed by atoms with Crippen molar-refractivity contribution in [3.63, 3.8) is 0 Å². The van der Waals surface area contributed by atoms with Gasteiger partial charge in [0.25, 0.3) is 0 Å². The molecule has 0 aliphatic carbocycles. The number of imidazole rings is 1. The van der Waals surface area contributed by atoms with Gasteiger partial charge in [0.15, 0.2) is 0 Å². The van der Waals surface area contributed by atoms with Crippen molar-refractivity contribution in [1.82, 2.24) is 18.9 Å². The zero-order chi connectivity index (χ0) is 13.0. The van der Waals surface area contributed by atoms with Crippen LogP contribution in [0.3, 0.4) is 0 Å². The third-order valence-corrected chi connectivity index (χ3v) is 2.81. The quantitative estimate of drug-likeness (QED) is 0.705. The first kappa shape index (κ1) is 12.6. The van der Waals surface area contributed by atoms with Crippen molar-refractivity contribution in [2.24, 2.45) is 0 Å². The SMILES string of the molecule is Nc1nc(=O)n2ccn(CCCCCCO)c2n1. The van der Waals surface area contributed by atoms with E-state index in [1.807, 2.05) is 4.57 Å². The molecule has 0 unspecified atom stereocenters. The number of fused-ring (bicyclic) bond motifs is 1. The molecule has 98 valence electrons. The number of unbranched alkanes of at least 4 members (excludes halogenated alkanes) is 3. The van der Waals surface area contributed by atoms with Crippen molar-refractivity contribution >= 4 is 11.7 Å². The Hall–Kier alpha value is -1.89. The van der Waals surface area contributed by atoms with Gasteiger partial charge in [0, 0.05) is 25.5 Å². The molecule has 7 nitrogen and oxygen atoms in total. The number of anilines is 1. The maximum absolute atomic E-state index is 11.5. The molecule has 2 heterocycles. The number of aryl methyl sites for hydroxylation is 1. The van der Waals surface area contributed by atoms with E-state index in [-0.39, 0.29) is 12.6 Å². The molecule has 2 aromatic heterocycles. The summed E-state index contributed by atoms with van der Waals surface area (Å²) in [6.07, 6.45) is 7.30. The van der Waals surface area contributed by atoms with Gasteiger partial charge in [-0.3, -0.25) is 0 Å². The molecular weight excluding hydrogens is 234 g/mol. The van der Waals surface area contributed by atoms with Gasteiger partial charge in [0.1, 0.15) is 0 Å². The summed E-state index contributed by atoms with van der Waals surface area (Å²) in [5.74, 6) is 0.523. The molecule has 7 heteroatoms. The van der Waals surface area contributed by atoms with Crippen LogP contribution >= 0.6 is 0 Å². The molecule has 0 aromatic carbocycles. The van der Waals surface area contributed by atoms with Gasteiger partial charge in [-0.15, -0.1) is 0 Å². The Morgan fingerprint density at radius 2 is 1.94 bits per heavy atom. The van der Waals surface area contributed by atoms with Gasteiger partial charge in [-0.2, -0.15) is 9.97 Å². The molecule has 0 aliphatic rings. The summed E-state index contributed by atoms with van der Waals surface area (Å²) in [5, 5.41) is 8.68. The number of nitrogens with zero attached hydrogens (tertiary/aromatic N) is 4. The molecule has 2 aromatic rings. The fraction of sp³-hybridized carbons (Fsp3) is 0.545. The van der Waals surface area contributed by atoms with Gasteiger partial charge >= 0.3 is 5.69 Å². The molecule has 0 bridgehead atoms. The van der Waals surface area contributed by atoms with E-state index in [1.54, 1.807) is 12.4 Å². The summed E-state index contributed by atoms with van der Waals surface area (Å²) in [5.41, 5.74) is 5.06. The molecule has 0 atom stereocenters. The Labute approximate surface area is 104 Å². The molecular formula is C11H17N5O2. The van der Waals surface area contributed by atoms with Crippen molar-refractivity contribution in [1.29, 1.82) is 0 Å². The van der Waals surface area contributed by atoms with Gasteiger partial charge in [-0.1, -0.05) is 12.8 Å². The van der Waals surface area contributed by atoms with E-state index in [1.165, 1.54) is 4.40 Å². The standard InChI is InChI=1S/C11H17N5O2/c12-9-13-10-15(5-3-1-2-4-8-17)6-7-16(10)11(18)14-9/h6-7,17H,1-5,8H2,(H2,12,14,18). The molecule has 0 fully saturated rings. The summed E-state index contributed by atoms with van der Waals surface area (Å²) >= 11 is 0. The lowest BCUT2D eigenvalue weighted by atomic mass is 10.2. The molecule has 0 saturated carbocycles. The minimum absolute atomic E-state index is 0.000213. The Morgan fingerprint density at radius 1 is 1.17 bits per heavy atom. The van der Waals surface area contributed by atoms with Crippen molar-refractivity contribution < 1.29 is 5.11 Å². The van der Waals surface area contributed by atoms with Crippen LogP contribution in [0.25, 0.3) is 5.78 Å².